The molecule has 0 saturated carbocycles. The molecule has 2 nitrogen and oxygen atoms in total. The van der Waals surface area contributed by atoms with Gasteiger partial charge in [0.2, 0.25) is 0 Å². The summed E-state index contributed by atoms with van der Waals surface area (Å²) >= 11 is 9.75. The molecule has 1 N–H and O–H groups in total. The van der Waals surface area contributed by atoms with Crippen molar-refractivity contribution in [1.29, 1.82) is 0 Å². The summed E-state index contributed by atoms with van der Waals surface area (Å²) in [5, 5.41) is 4.20. The number of nitrogens with zero attached hydrogens (tertiary/aromatic N) is 1. The molecule has 2 aromatic rings. The number of aromatic nitrogens is 1. The molecule has 2 heterocycles. The molecule has 0 radical (unpaired) electrons. The van der Waals surface area contributed by atoms with Crippen molar-refractivity contribution >= 4 is 45.3 Å². The quantitative estimate of drug-likeness (QED) is 0.576. The van der Waals surface area contributed by atoms with Crippen LogP contribution in [0, 0.1) is 0 Å². The lowest BCUT2D eigenvalue weighted by molar-refractivity contribution is 0.611. The minimum Gasteiger partial charge on any atom is -0.316 e. The van der Waals surface area contributed by atoms with E-state index in [4.69, 9.17) is 16.6 Å². The number of hydrogen-bond donors (Lipinski definition) is 1. The van der Waals surface area contributed by atoms with Gasteiger partial charge in [-0.3, -0.25) is 4.98 Å². The van der Waals surface area contributed by atoms with Crippen LogP contribution >= 0.6 is 27.5 Å². The number of halogens is 2. The zero-order valence-corrected chi connectivity index (χ0v) is 14.9. The molecule has 1 aliphatic carbocycles. The number of pyridine rings is 1. The fourth-order valence-electron chi connectivity index (χ4n) is 3.33. The van der Waals surface area contributed by atoms with Crippen LogP contribution < -0.4 is 5.32 Å². The van der Waals surface area contributed by atoms with E-state index in [0.29, 0.717) is 0 Å². The number of benzene rings is 1. The normalized spacial score (nSPS) is 16.8. The largest absolute Gasteiger partial charge is 0.316 e. The van der Waals surface area contributed by atoms with Crippen LogP contribution in [-0.2, 0) is 0 Å². The van der Waals surface area contributed by atoms with Crippen LogP contribution in [-0.4, -0.2) is 18.1 Å². The number of piperidine rings is 1. The van der Waals surface area contributed by atoms with Crippen molar-refractivity contribution in [2.24, 2.45) is 0 Å². The van der Waals surface area contributed by atoms with Gasteiger partial charge >= 0.3 is 0 Å². The first-order chi connectivity index (χ1) is 11.2. The van der Waals surface area contributed by atoms with E-state index in [1.54, 1.807) is 0 Å². The Hall–Kier alpha value is -1.42. The second-order valence-electron chi connectivity index (χ2n) is 5.88. The SMILES string of the molecule is Clc1ccc2c(c1)C=Cc1cc(Br)cnc1C2=C1CCNCC1. The van der Waals surface area contributed by atoms with Crippen LogP contribution in [0.25, 0.3) is 17.7 Å². The molecule has 1 aliphatic heterocycles. The summed E-state index contributed by atoms with van der Waals surface area (Å²) in [5.41, 5.74) is 7.37. The summed E-state index contributed by atoms with van der Waals surface area (Å²) in [7, 11) is 0. The molecular weight excluding hydrogens is 372 g/mol. The molecule has 1 fully saturated rings. The van der Waals surface area contributed by atoms with Crippen LogP contribution in [0.1, 0.15) is 35.2 Å². The average Bonchev–Trinajstić information content (AvgIpc) is 2.72. The topological polar surface area (TPSA) is 24.9 Å². The smallest absolute Gasteiger partial charge is 0.0780 e. The van der Waals surface area contributed by atoms with Crippen molar-refractivity contribution in [2.45, 2.75) is 12.8 Å². The molecule has 23 heavy (non-hydrogen) atoms. The summed E-state index contributed by atoms with van der Waals surface area (Å²) < 4.78 is 1.000. The van der Waals surface area contributed by atoms with Gasteiger partial charge in [0.1, 0.15) is 0 Å². The Kier molecular flexibility index (Phi) is 4.10. The van der Waals surface area contributed by atoms with E-state index in [-0.39, 0.29) is 0 Å². The fourth-order valence-corrected chi connectivity index (χ4v) is 3.86. The van der Waals surface area contributed by atoms with E-state index in [1.807, 2.05) is 18.3 Å². The second-order valence-corrected chi connectivity index (χ2v) is 7.24. The van der Waals surface area contributed by atoms with Crippen LogP contribution in [0.15, 0.2) is 40.5 Å². The molecule has 1 aromatic heterocycles. The van der Waals surface area contributed by atoms with Gasteiger partial charge in [-0.15, -0.1) is 0 Å². The molecule has 1 aromatic carbocycles. The molecule has 0 bridgehead atoms. The summed E-state index contributed by atoms with van der Waals surface area (Å²) in [5.74, 6) is 0. The first-order valence-corrected chi connectivity index (χ1v) is 8.96. The third kappa shape index (κ3) is 2.89. The van der Waals surface area contributed by atoms with E-state index in [2.05, 4.69) is 45.5 Å². The lowest BCUT2D eigenvalue weighted by atomic mass is 9.89. The molecule has 0 atom stereocenters. The maximum atomic E-state index is 6.22. The standard InChI is InChI=1S/C19H16BrClN2/c20-15-9-14-2-1-13-10-16(21)3-4-17(13)18(19(14)23-11-15)12-5-7-22-8-6-12/h1-4,9-11,22H,5-8H2. The van der Waals surface area contributed by atoms with Gasteiger partial charge in [-0.25, -0.2) is 0 Å². The van der Waals surface area contributed by atoms with Gasteiger partial charge in [-0.1, -0.05) is 35.4 Å². The lowest BCUT2D eigenvalue weighted by Gasteiger charge is -2.22. The Labute approximate surface area is 149 Å². The number of rotatable bonds is 0. The highest BCUT2D eigenvalue weighted by Gasteiger charge is 2.21. The lowest BCUT2D eigenvalue weighted by Crippen LogP contribution is -2.24. The van der Waals surface area contributed by atoms with Gasteiger partial charge in [0.05, 0.1) is 5.69 Å². The van der Waals surface area contributed by atoms with Crippen LogP contribution in [0.5, 0.6) is 0 Å². The summed E-state index contributed by atoms with van der Waals surface area (Å²) in [6.07, 6.45) is 8.29. The van der Waals surface area contributed by atoms with Crippen molar-refractivity contribution in [1.82, 2.24) is 10.3 Å². The van der Waals surface area contributed by atoms with Gasteiger partial charge in [0.25, 0.3) is 0 Å². The van der Waals surface area contributed by atoms with Crippen molar-refractivity contribution in [3.8, 4) is 0 Å². The van der Waals surface area contributed by atoms with Crippen molar-refractivity contribution in [3.63, 3.8) is 0 Å². The highest BCUT2D eigenvalue weighted by Crippen LogP contribution is 2.38. The molecule has 4 rings (SSSR count). The van der Waals surface area contributed by atoms with E-state index in [0.717, 1.165) is 52.2 Å². The van der Waals surface area contributed by atoms with E-state index >= 15 is 0 Å². The minimum atomic E-state index is 0.767. The first kappa shape index (κ1) is 15.1. The van der Waals surface area contributed by atoms with Crippen molar-refractivity contribution < 1.29 is 0 Å². The van der Waals surface area contributed by atoms with Gasteiger partial charge in [0, 0.05) is 26.8 Å². The van der Waals surface area contributed by atoms with Gasteiger partial charge in [-0.05, 0) is 71.2 Å². The maximum absolute atomic E-state index is 6.22. The molecular formula is C19H16BrClN2. The third-order valence-electron chi connectivity index (χ3n) is 4.41. The number of fused-ring (bicyclic) bond motifs is 2. The van der Waals surface area contributed by atoms with Gasteiger partial charge in [-0.2, -0.15) is 0 Å². The van der Waals surface area contributed by atoms with E-state index in [9.17, 15) is 0 Å². The number of hydrogen-bond acceptors (Lipinski definition) is 2. The van der Waals surface area contributed by atoms with Crippen LogP contribution in [0.4, 0.5) is 0 Å². The van der Waals surface area contributed by atoms with Gasteiger partial charge < -0.3 is 5.32 Å². The molecule has 1 saturated heterocycles. The first-order valence-electron chi connectivity index (χ1n) is 7.79. The third-order valence-corrected chi connectivity index (χ3v) is 5.08. The van der Waals surface area contributed by atoms with Crippen molar-refractivity contribution in [2.75, 3.05) is 13.1 Å². The molecule has 0 amide bonds. The zero-order chi connectivity index (χ0) is 15.8. The predicted octanol–water partition coefficient (Wildman–Crippen LogP) is 5.17. The Morgan fingerprint density at radius 3 is 2.65 bits per heavy atom. The van der Waals surface area contributed by atoms with E-state index in [1.165, 1.54) is 16.7 Å². The molecule has 0 unspecified atom stereocenters. The Balaban J connectivity index is 2.01. The Morgan fingerprint density at radius 1 is 1.04 bits per heavy atom. The van der Waals surface area contributed by atoms with Crippen LogP contribution in [0.3, 0.4) is 0 Å². The van der Waals surface area contributed by atoms with Crippen LogP contribution in [0.2, 0.25) is 5.02 Å². The highest BCUT2D eigenvalue weighted by molar-refractivity contribution is 9.10. The molecule has 2 aliphatic rings. The van der Waals surface area contributed by atoms with E-state index < -0.39 is 0 Å². The maximum Gasteiger partial charge on any atom is 0.0780 e. The fraction of sp³-hybridized carbons (Fsp3) is 0.211. The van der Waals surface area contributed by atoms with Gasteiger partial charge in [0.15, 0.2) is 0 Å². The summed E-state index contributed by atoms with van der Waals surface area (Å²) in [6.45, 7) is 2.06. The summed E-state index contributed by atoms with van der Waals surface area (Å²) in [4.78, 5) is 4.75. The second kappa shape index (κ2) is 6.23. The average molecular weight is 388 g/mol. The Morgan fingerprint density at radius 2 is 1.83 bits per heavy atom. The van der Waals surface area contributed by atoms with Crippen molar-refractivity contribution in [3.05, 3.63) is 67.9 Å². The Bertz CT molecular complexity index is 774. The molecule has 4 heteroatoms. The summed E-state index contributed by atoms with van der Waals surface area (Å²) in [6, 6.07) is 8.27. The number of nitrogens with one attached hydrogen (secondary N) is 1. The molecule has 0 spiro atoms. The monoisotopic (exact) mass is 386 g/mol. The zero-order valence-electron chi connectivity index (χ0n) is 12.6. The minimum absolute atomic E-state index is 0.767. The predicted molar refractivity (Wildman–Crippen MR) is 100 cm³/mol. The molecule has 116 valence electrons. The highest BCUT2D eigenvalue weighted by atomic mass is 79.9.